The summed E-state index contributed by atoms with van der Waals surface area (Å²) in [5, 5.41) is 6.10. The molecule has 0 bridgehead atoms. The maximum Gasteiger partial charge on any atom is 0.238 e. The highest BCUT2D eigenvalue weighted by atomic mass is 35.5. The molecular weight excluding hydrogens is 366 g/mol. The van der Waals surface area contributed by atoms with Gasteiger partial charge in [0.25, 0.3) is 0 Å². The van der Waals surface area contributed by atoms with Crippen LogP contribution in [-0.4, -0.2) is 19.1 Å². The van der Waals surface area contributed by atoms with E-state index >= 15 is 0 Å². The van der Waals surface area contributed by atoms with Gasteiger partial charge in [-0.25, -0.2) is 4.39 Å². The van der Waals surface area contributed by atoms with Crippen molar-refractivity contribution in [1.29, 1.82) is 0 Å². The van der Waals surface area contributed by atoms with Crippen LogP contribution in [0.2, 0.25) is 10.0 Å². The van der Waals surface area contributed by atoms with Gasteiger partial charge >= 0.3 is 0 Å². The van der Waals surface area contributed by atoms with Crippen LogP contribution in [0.3, 0.4) is 0 Å². The van der Waals surface area contributed by atoms with Crippen molar-refractivity contribution in [2.75, 3.05) is 18.5 Å². The summed E-state index contributed by atoms with van der Waals surface area (Å²) in [6.45, 7) is 4.19. The molecule has 0 saturated heterocycles. The van der Waals surface area contributed by atoms with Crippen molar-refractivity contribution in [1.82, 2.24) is 5.32 Å². The predicted octanol–water partition coefficient (Wildman–Crippen LogP) is 4.82. The smallest absolute Gasteiger partial charge is 0.238 e. The quantitative estimate of drug-likeness (QED) is 0.672. The van der Waals surface area contributed by atoms with Gasteiger partial charge in [-0.05, 0) is 43.7 Å². The Morgan fingerprint density at radius 3 is 2.68 bits per heavy atom. The first-order chi connectivity index (χ1) is 11.9. The molecular formula is C18H19Cl2FN2O2. The molecule has 7 heteroatoms. The predicted molar refractivity (Wildman–Crippen MR) is 99.1 cm³/mol. The minimum Gasteiger partial charge on any atom is -0.492 e. The zero-order valence-electron chi connectivity index (χ0n) is 13.9. The lowest BCUT2D eigenvalue weighted by Crippen LogP contribution is -2.30. The summed E-state index contributed by atoms with van der Waals surface area (Å²) < 4.78 is 19.1. The van der Waals surface area contributed by atoms with E-state index in [0.29, 0.717) is 28.6 Å². The van der Waals surface area contributed by atoms with Crippen LogP contribution >= 0.6 is 23.2 Å². The molecule has 0 unspecified atom stereocenters. The van der Waals surface area contributed by atoms with Crippen molar-refractivity contribution in [3.8, 4) is 5.75 Å². The summed E-state index contributed by atoms with van der Waals surface area (Å²) in [6.07, 6.45) is 0. The molecule has 0 heterocycles. The first-order valence-corrected chi connectivity index (χ1v) is 8.57. The molecule has 0 spiro atoms. The topological polar surface area (TPSA) is 50.4 Å². The number of anilines is 1. The number of carbonyl (C=O) groups excluding carboxylic acids is 1. The third-order valence-corrected chi connectivity index (χ3v) is 4.15. The number of hydrogen-bond acceptors (Lipinski definition) is 3. The molecule has 4 nitrogen and oxygen atoms in total. The van der Waals surface area contributed by atoms with Crippen molar-refractivity contribution >= 4 is 34.8 Å². The van der Waals surface area contributed by atoms with Gasteiger partial charge in [-0.3, -0.25) is 4.79 Å². The van der Waals surface area contributed by atoms with Gasteiger partial charge in [0.15, 0.2) is 0 Å². The molecule has 134 valence electrons. The molecule has 0 aliphatic carbocycles. The minimum atomic E-state index is -0.551. The van der Waals surface area contributed by atoms with Crippen LogP contribution in [-0.2, 0) is 4.79 Å². The number of nitrogens with one attached hydrogen (secondary N) is 2. The van der Waals surface area contributed by atoms with Crippen LogP contribution in [0.1, 0.15) is 25.5 Å². The first-order valence-electron chi connectivity index (χ1n) is 7.81. The number of amides is 1. The normalized spacial score (nSPS) is 11.9. The molecule has 0 fully saturated rings. The van der Waals surface area contributed by atoms with Gasteiger partial charge in [0.05, 0.1) is 23.9 Å². The number of hydrogen-bond donors (Lipinski definition) is 2. The first kappa shape index (κ1) is 19.5. The van der Waals surface area contributed by atoms with Crippen LogP contribution in [0.4, 0.5) is 10.1 Å². The Balaban J connectivity index is 1.97. The van der Waals surface area contributed by atoms with Crippen molar-refractivity contribution in [2.45, 2.75) is 19.9 Å². The summed E-state index contributed by atoms with van der Waals surface area (Å²) in [5.74, 6) is -0.191. The number of benzene rings is 2. The summed E-state index contributed by atoms with van der Waals surface area (Å²) in [5.41, 5.74) is 1.13. The summed E-state index contributed by atoms with van der Waals surface area (Å²) >= 11 is 11.8. The molecule has 25 heavy (non-hydrogen) atoms. The Kier molecular flexibility index (Phi) is 7.05. The van der Waals surface area contributed by atoms with Gasteiger partial charge in [-0.15, -0.1) is 0 Å². The summed E-state index contributed by atoms with van der Waals surface area (Å²) in [4.78, 5) is 12.2. The van der Waals surface area contributed by atoms with Crippen molar-refractivity contribution in [2.24, 2.45) is 0 Å². The Morgan fingerprint density at radius 2 is 1.96 bits per heavy atom. The van der Waals surface area contributed by atoms with Crippen LogP contribution in [0.25, 0.3) is 0 Å². The fraction of sp³-hybridized carbons (Fsp3) is 0.278. The second-order valence-corrected chi connectivity index (χ2v) is 6.18. The van der Waals surface area contributed by atoms with E-state index in [4.69, 9.17) is 27.9 Å². The third kappa shape index (κ3) is 5.33. The Morgan fingerprint density at radius 1 is 1.24 bits per heavy atom. The molecule has 2 aromatic carbocycles. The maximum atomic E-state index is 13.6. The molecule has 2 rings (SSSR count). The number of rotatable bonds is 7. The lowest BCUT2D eigenvalue weighted by Gasteiger charge is -2.17. The highest BCUT2D eigenvalue weighted by molar-refractivity contribution is 6.35. The van der Waals surface area contributed by atoms with Crippen LogP contribution in [0.15, 0.2) is 36.4 Å². The van der Waals surface area contributed by atoms with Gasteiger partial charge in [0, 0.05) is 11.1 Å². The average molecular weight is 385 g/mol. The number of carbonyl (C=O) groups is 1. The molecule has 0 aromatic heterocycles. The van der Waals surface area contributed by atoms with E-state index in [0.717, 1.165) is 0 Å². The summed E-state index contributed by atoms with van der Waals surface area (Å²) in [6, 6.07) is 9.48. The van der Waals surface area contributed by atoms with E-state index in [2.05, 4.69) is 10.6 Å². The summed E-state index contributed by atoms with van der Waals surface area (Å²) in [7, 11) is 0. The SMILES string of the molecule is CCOc1ccccc1NC(=O)CN[C@H](C)c1cc(F)c(Cl)cc1Cl. The molecule has 0 aliphatic rings. The highest BCUT2D eigenvalue weighted by Crippen LogP contribution is 2.28. The standard InChI is InChI=1S/C18H19Cl2FN2O2/c1-3-25-17-7-5-4-6-16(17)23-18(24)10-22-11(2)12-8-15(21)14(20)9-13(12)19/h4-9,11,22H,3,10H2,1-2H3,(H,23,24)/t11-/m1/s1. The van der Waals surface area contributed by atoms with E-state index in [1.165, 1.54) is 12.1 Å². The second-order valence-electron chi connectivity index (χ2n) is 5.37. The fourth-order valence-electron chi connectivity index (χ4n) is 2.27. The molecule has 1 amide bonds. The highest BCUT2D eigenvalue weighted by Gasteiger charge is 2.15. The number of para-hydroxylation sites is 2. The van der Waals surface area contributed by atoms with Crippen LogP contribution < -0.4 is 15.4 Å². The van der Waals surface area contributed by atoms with E-state index in [1.54, 1.807) is 19.1 Å². The number of halogens is 3. The zero-order valence-corrected chi connectivity index (χ0v) is 15.4. The molecule has 0 aliphatic heterocycles. The van der Waals surface area contributed by atoms with Crippen molar-refractivity contribution in [3.63, 3.8) is 0 Å². The van der Waals surface area contributed by atoms with E-state index in [-0.39, 0.29) is 23.5 Å². The van der Waals surface area contributed by atoms with Gasteiger partial charge in [-0.1, -0.05) is 35.3 Å². The van der Waals surface area contributed by atoms with Crippen LogP contribution in [0.5, 0.6) is 5.75 Å². The molecule has 1 atom stereocenters. The third-order valence-electron chi connectivity index (χ3n) is 3.54. The Hall–Kier alpha value is -1.82. The molecule has 0 saturated carbocycles. The van der Waals surface area contributed by atoms with E-state index < -0.39 is 5.82 Å². The second kappa shape index (κ2) is 9.04. The van der Waals surface area contributed by atoms with Gasteiger partial charge in [0.2, 0.25) is 5.91 Å². The largest absolute Gasteiger partial charge is 0.492 e. The Bertz CT molecular complexity index is 756. The van der Waals surface area contributed by atoms with Crippen molar-refractivity contribution in [3.05, 3.63) is 57.8 Å². The van der Waals surface area contributed by atoms with Crippen molar-refractivity contribution < 1.29 is 13.9 Å². The Labute approximate surface area is 156 Å². The van der Waals surface area contributed by atoms with E-state index in [9.17, 15) is 9.18 Å². The lowest BCUT2D eigenvalue weighted by molar-refractivity contribution is -0.115. The van der Waals surface area contributed by atoms with E-state index in [1.807, 2.05) is 19.1 Å². The molecule has 2 N–H and O–H groups in total. The fourth-order valence-corrected chi connectivity index (χ4v) is 2.82. The maximum absolute atomic E-state index is 13.6. The van der Waals surface area contributed by atoms with Gasteiger partial charge in [-0.2, -0.15) is 0 Å². The van der Waals surface area contributed by atoms with Crippen LogP contribution in [0, 0.1) is 5.82 Å². The molecule has 0 radical (unpaired) electrons. The molecule has 2 aromatic rings. The monoisotopic (exact) mass is 384 g/mol. The van der Waals surface area contributed by atoms with Gasteiger partial charge in [0.1, 0.15) is 11.6 Å². The minimum absolute atomic E-state index is 0.0300. The van der Waals surface area contributed by atoms with Gasteiger partial charge < -0.3 is 15.4 Å². The lowest BCUT2D eigenvalue weighted by atomic mass is 10.1. The zero-order chi connectivity index (χ0) is 18.4. The number of ether oxygens (including phenoxy) is 1. The average Bonchev–Trinajstić information content (AvgIpc) is 2.58.